The molecule has 1 aliphatic rings. The van der Waals surface area contributed by atoms with Gasteiger partial charge in [0.2, 0.25) is 5.91 Å². The van der Waals surface area contributed by atoms with Gasteiger partial charge in [-0.3, -0.25) is 14.7 Å². The zero-order valence-corrected chi connectivity index (χ0v) is 15.4. The summed E-state index contributed by atoms with van der Waals surface area (Å²) in [6.07, 6.45) is 9.43. The standard InChI is InChI=1S/C22H27N3O/c1-18-3-2-14-25(16-18)17-21-6-4-20(5-7-21)15-24-22(26)9-8-19-10-12-23-13-11-19/h4-13,18H,2-3,14-17H2,1H3,(H,24,26)/b9-8+. The minimum absolute atomic E-state index is 0.0896. The van der Waals surface area contributed by atoms with Crippen LogP contribution in [-0.4, -0.2) is 28.9 Å². The Labute approximate surface area is 155 Å². The first-order chi connectivity index (χ1) is 12.7. The van der Waals surface area contributed by atoms with Crippen LogP contribution in [0.15, 0.2) is 54.9 Å². The van der Waals surface area contributed by atoms with E-state index >= 15 is 0 Å². The number of nitrogens with one attached hydrogen (secondary N) is 1. The van der Waals surface area contributed by atoms with E-state index in [1.165, 1.54) is 31.5 Å². The lowest BCUT2D eigenvalue weighted by Gasteiger charge is -2.30. The van der Waals surface area contributed by atoms with Crippen molar-refractivity contribution in [2.24, 2.45) is 5.92 Å². The molecule has 1 saturated heterocycles. The number of benzene rings is 1. The molecule has 136 valence electrons. The summed E-state index contributed by atoms with van der Waals surface area (Å²) in [5, 5.41) is 2.92. The molecule has 2 heterocycles. The van der Waals surface area contributed by atoms with E-state index in [1.807, 2.05) is 12.1 Å². The van der Waals surface area contributed by atoms with Gasteiger partial charge in [-0.2, -0.15) is 0 Å². The minimum atomic E-state index is -0.0896. The van der Waals surface area contributed by atoms with Gasteiger partial charge in [-0.05, 0) is 60.2 Å². The molecule has 1 N–H and O–H groups in total. The summed E-state index contributed by atoms with van der Waals surface area (Å²) in [6, 6.07) is 12.3. The molecule has 1 fully saturated rings. The highest BCUT2D eigenvalue weighted by Crippen LogP contribution is 2.18. The number of hydrogen-bond donors (Lipinski definition) is 1. The number of likely N-dealkylation sites (tertiary alicyclic amines) is 1. The van der Waals surface area contributed by atoms with Gasteiger partial charge >= 0.3 is 0 Å². The van der Waals surface area contributed by atoms with E-state index in [2.05, 4.69) is 46.4 Å². The Hall–Kier alpha value is -2.46. The van der Waals surface area contributed by atoms with Gasteiger partial charge in [-0.25, -0.2) is 0 Å². The second-order valence-corrected chi connectivity index (χ2v) is 7.13. The lowest BCUT2D eigenvalue weighted by molar-refractivity contribution is -0.116. The fourth-order valence-electron chi connectivity index (χ4n) is 3.35. The van der Waals surface area contributed by atoms with Crippen LogP contribution in [0, 0.1) is 5.92 Å². The summed E-state index contributed by atoms with van der Waals surface area (Å²) in [7, 11) is 0. The first-order valence-electron chi connectivity index (χ1n) is 9.35. The fraction of sp³-hybridized carbons (Fsp3) is 0.364. The minimum Gasteiger partial charge on any atom is -0.348 e. The molecule has 1 amide bonds. The molecule has 0 saturated carbocycles. The van der Waals surface area contributed by atoms with Gasteiger partial charge in [0, 0.05) is 38.1 Å². The van der Waals surface area contributed by atoms with Gasteiger partial charge in [0.05, 0.1) is 0 Å². The maximum Gasteiger partial charge on any atom is 0.244 e. The number of aromatic nitrogens is 1. The van der Waals surface area contributed by atoms with E-state index in [9.17, 15) is 4.79 Å². The normalized spacial score (nSPS) is 18.1. The molecule has 4 heteroatoms. The fourth-order valence-corrected chi connectivity index (χ4v) is 3.35. The van der Waals surface area contributed by atoms with E-state index < -0.39 is 0 Å². The van der Waals surface area contributed by atoms with Crippen LogP contribution in [0.3, 0.4) is 0 Å². The van der Waals surface area contributed by atoms with E-state index in [1.54, 1.807) is 24.5 Å². The van der Waals surface area contributed by atoms with Crippen LogP contribution in [0.2, 0.25) is 0 Å². The Morgan fingerprint density at radius 1 is 1.19 bits per heavy atom. The van der Waals surface area contributed by atoms with Crippen molar-refractivity contribution in [2.45, 2.75) is 32.9 Å². The van der Waals surface area contributed by atoms with Crippen molar-refractivity contribution >= 4 is 12.0 Å². The number of rotatable bonds is 6. The number of piperidine rings is 1. The van der Waals surface area contributed by atoms with Gasteiger partial charge in [-0.1, -0.05) is 31.2 Å². The Balaban J connectivity index is 1.45. The van der Waals surface area contributed by atoms with Crippen LogP contribution in [-0.2, 0) is 17.9 Å². The molecular weight excluding hydrogens is 322 g/mol. The maximum absolute atomic E-state index is 11.9. The Morgan fingerprint density at radius 3 is 2.65 bits per heavy atom. The number of pyridine rings is 1. The Morgan fingerprint density at radius 2 is 1.92 bits per heavy atom. The molecule has 1 aliphatic heterocycles. The van der Waals surface area contributed by atoms with Crippen molar-refractivity contribution in [3.8, 4) is 0 Å². The third-order valence-corrected chi connectivity index (χ3v) is 4.77. The maximum atomic E-state index is 11.9. The average molecular weight is 349 g/mol. The molecular formula is C22H27N3O. The van der Waals surface area contributed by atoms with E-state index in [-0.39, 0.29) is 5.91 Å². The number of carbonyl (C=O) groups is 1. The molecule has 3 rings (SSSR count). The highest BCUT2D eigenvalue weighted by atomic mass is 16.1. The lowest BCUT2D eigenvalue weighted by Crippen LogP contribution is -2.33. The van der Waals surface area contributed by atoms with Crippen LogP contribution in [0.1, 0.15) is 36.5 Å². The zero-order chi connectivity index (χ0) is 18.2. The second kappa shape index (κ2) is 9.30. The summed E-state index contributed by atoms with van der Waals surface area (Å²) >= 11 is 0. The quantitative estimate of drug-likeness (QED) is 0.810. The molecule has 2 aromatic rings. The molecule has 0 bridgehead atoms. The van der Waals surface area contributed by atoms with Gasteiger partial charge in [0.25, 0.3) is 0 Å². The van der Waals surface area contributed by atoms with Gasteiger partial charge < -0.3 is 5.32 Å². The monoisotopic (exact) mass is 349 g/mol. The largest absolute Gasteiger partial charge is 0.348 e. The van der Waals surface area contributed by atoms with Gasteiger partial charge in [0.15, 0.2) is 0 Å². The van der Waals surface area contributed by atoms with Crippen LogP contribution in [0.25, 0.3) is 6.08 Å². The van der Waals surface area contributed by atoms with Crippen molar-refractivity contribution in [1.82, 2.24) is 15.2 Å². The third-order valence-electron chi connectivity index (χ3n) is 4.77. The molecule has 1 aromatic heterocycles. The Bertz CT molecular complexity index is 725. The van der Waals surface area contributed by atoms with Crippen LogP contribution >= 0.6 is 0 Å². The van der Waals surface area contributed by atoms with Crippen LogP contribution in [0.4, 0.5) is 0 Å². The molecule has 0 spiro atoms. The first-order valence-corrected chi connectivity index (χ1v) is 9.35. The Kier molecular flexibility index (Phi) is 6.56. The van der Waals surface area contributed by atoms with Crippen molar-refractivity contribution in [3.05, 3.63) is 71.6 Å². The van der Waals surface area contributed by atoms with E-state index in [4.69, 9.17) is 0 Å². The predicted molar refractivity (Wildman–Crippen MR) is 105 cm³/mol. The van der Waals surface area contributed by atoms with Gasteiger partial charge in [0.1, 0.15) is 0 Å². The summed E-state index contributed by atoms with van der Waals surface area (Å²) in [4.78, 5) is 18.4. The molecule has 0 radical (unpaired) electrons. The van der Waals surface area contributed by atoms with Gasteiger partial charge in [-0.15, -0.1) is 0 Å². The SMILES string of the molecule is CC1CCCN(Cc2ccc(CNC(=O)/C=C/c3ccncc3)cc2)C1. The molecule has 26 heavy (non-hydrogen) atoms. The number of hydrogen-bond acceptors (Lipinski definition) is 3. The number of amides is 1. The second-order valence-electron chi connectivity index (χ2n) is 7.13. The van der Waals surface area contributed by atoms with E-state index in [0.717, 1.165) is 23.6 Å². The van der Waals surface area contributed by atoms with Crippen molar-refractivity contribution in [3.63, 3.8) is 0 Å². The highest BCUT2D eigenvalue weighted by molar-refractivity contribution is 5.91. The predicted octanol–water partition coefficient (Wildman–Crippen LogP) is 3.64. The average Bonchev–Trinajstić information content (AvgIpc) is 2.67. The van der Waals surface area contributed by atoms with Crippen LogP contribution < -0.4 is 5.32 Å². The smallest absolute Gasteiger partial charge is 0.244 e. The molecule has 0 aliphatic carbocycles. The zero-order valence-electron chi connectivity index (χ0n) is 15.4. The third kappa shape index (κ3) is 5.81. The highest BCUT2D eigenvalue weighted by Gasteiger charge is 2.15. The van der Waals surface area contributed by atoms with E-state index in [0.29, 0.717) is 6.54 Å². The number of carbonyl (C=O) groups excluding carboxylic acids is 1. The molecule has 4 nitrogen and oxygen atoms in total. The summed E-state index contributed by atoms with van der Waals surface area (Å²) in [6.45, 7) is 6.29. The van der Waals surface area contributed by atoms with Crippen molar-refractivity contribution in [2.75, 3.05) is 13.1 Å². The van der Waals surface area contributed by atoms with Crippen molar-refractivity contribution in [1.29, 1.82) is 0 Å². The first kappa shape index (κ1) is 18.3. The molecule has 1 unspecified atom stereocenters. The summed E-state index contributed by atoms with van der Waals surface area (Å²) in [5.74, 6) is 0.714. The van der Waals surface area contributed by atoms with Crippen LogP contribution in [0.5, 0.6) is 0 Å². The topological polar surface area (TPSA) is 45.2 Å². The molecule has 1 atom stereocenters. The number of nitrogens with zero attached hydrogens (tertiary/aromatic N) is 2. The lowest BCUT2D eigenvalue weighted by atomic mass is 9.99. The summed E-state index contributed by atoms with van der Waals surface area (Å²) < 4.78 is 0. The molecule has 1 aromatic carbocycles. The van der Waals surface area contributed by atoms with Crippen molar-refractivity contribution < 1.29 is 4.79 Å². The summed E-state index contributed by atoms with van der Waals surface area (Å²) in [5.41, 5.74) is 3.42.